The van der Waals surface area contributed by atoms with E-state index in [9.17, 15) is 24.3 Å². The molecule has 1 N–H and O–H groups in total. The van der Waals surface area contributed by atoms with E-state index in [1.165, 1.54) is 6.92 Å². The predicted molar refractivity (Wildman–Crippen MR) is 104 cm³/mol. The van der Waals surface area contributed by atoms with E-state index in [4.69, 9.17) is 23.7 Å². The van der Waals surface area contributed by atoms with E-state index in [-0.39, 0.29) is 51.4 Å². The van der Waals surface area contributed by atoms with Gasteiger partial charge in [-0.3, -0.25) is 9.59 Å². The number of unbranched alkanes of at least 4 members (excludes halogenated alkanes) is 1. The van der Waals surface area contributed by atoms with Gasteiger partial charge in [0.15, 0.2) is 0 Å². The maximum absolute atomic E-state index is 11.6. The normalized spacial score (nSPS) is 11.1. The van der Waals surface area contributed by atoms with Crippen LogP contribution in [0.25, 0.3) is 0 Å². The maximum atomic E-state index is 11.6. The molecule has 0 bridgehead atoms. The zero-order valence-electron chi connectivity index (χ0n) is 17.3. The van der Waals surface area contributed by atoms with Crippen molar-refractivity contribution >= 4 is 23.9 Å². The standard InChI is InChI=1S/C20H30O10/c1-4-17(22)27-10-6-5-9-26-13-16(21)14-30-19(24)8-7-18(23)28-11-12-29-20(25)15(2)3/h4,16,21H,1-2,5-14H2,3H3. The molecule has 0 fully saturated rings. The average Bonchev–Trinajstić information content (AvgIpc) is 2.72. The van der Waals surface area contributed by atoms with Crippen LogP contribution in [-0.4, -0.2) is 74.7 Å². The van der Waals surface area contributed by atoms with E-state index >= 15 is 0 Å². The summed E-state index contributed by atoms with van der Waals surface area (Å²) in [6.45, 7) is 8.28. The molecule has 30 heavy (non-hydrogen) atoms. The van der Waals surface area contributed by atoms with E-state index in [1.54, 1.807) is 0 Å². The second-order valence-corrected chi connectivity index (χ2v) is 6.13. The number of esters is 4. The summed E-state index contributed by atoms with van der Waals surface area (Å²) in [5.74, 6) is -2.36. The molecule has 0 spiro atoms. The number of hydrogen-bond donors (Lipinski definition) is 1. The SMILES string of the molecule is C=CC(=O)OCCCCOCC(O)COC(=O)CCC(=O)OCCOC(=O)C(=C)C. The molecule has 10 heteroatoms. The van der Waals surface area contributed by atoms with Gasteiger partial charge in [0.05, 0.1) is 26.1 Å². The van der Waals surface area contributed by atoms with Crippen LogP contribution < -0.4 is 0 Å². The molecule has 0 aliphatic rings. The Morgan fingerprint density at radius 3 is 2.10 bits per heavy atom. The van der Waals surface area contributed by atoms with Crippen LogP contribution in [0.15, 0.2) is 24.8 Å². The lowest BCUT2D eigenvalue weighted by Crippen LogP contribution is -2.24. The van der Waals surface area contributed by atoms with E-state index < -0.39 is 30.0 Å². The molecule has 0 saturated heterocycles. The zero-order chi connectivity index (χ0) is 22.8. The van der Waals surface area contributed by atoms with Gasteiger partial charge in [0.2, 0.25) is 0 Å². The highest BCUT2D eigenvalue weighted by Crippen LogP contribution is 1.99. The molecule has 0 amide bonds. The fraction of sp³-hybridized carbons (Fsp3) is 0.600. The summed E-state index contributed by atoms with van der Waals surface area (Å²) in [6, 6.07) is 0. The van der Waals surface area contributed by atoms with Crippen LogP contribution in [0, 0.1) is 0 Å². The Kier molecular flexibility index (Phi) is 15.6. The molecule has 0 aromatic carbocycles. The van der Waals surface area contributed by atoms with Crippen LogP contribution in [0.2, 0.25) is 0 Å². The smallest absolute Gasteiger partial charge is 0.333 e. The number of rotatable bonds is 17. The van der Waals surface area contributed by atoms with Crippen molar-refractivity contribution in [2.75, 3.05) is 39.6 Å². The molecule has 0 rings (SSSR count). The van der Waals surface area contributed by atoms with Gasteiger partial charge in [0.25, 0.3) is 0 Å². The fourth-order valence-electron chi connectivity index (χ4n) is 1.76. The van der Waals surface area contributed by atoms with Gasteiger partial charge in [-0.2, -0.15) is 0 Å². The molecule has 1 atom stereocenters. The van der Waals surface area contributed by atoms with E-state index in [2.05, 4.69) is 13.2 Å². The Bertz CT molecular complexity index is 584. The van der Waals surface area contributed by atoms with Crippen molar-refractivity contribution in [1.29, 1.82) is 0 Å². The minimum atomic E-state index is -0.998. The molecule has 1 unspecified atom stereocenters. The van der Waals surface area contributed by atoms with E-state index in [1.807, 2.05) is 0 Å². The van der Waals surface area contributed by atoms with E-state index in [0.29, 0.717) is 19.4 Å². The second-order valence-electron chi connectivity index (χ2n) is 6.13. The Balaban J connectivity index is 3.63. The third-order valence-electron chi connectivity index (χ3n) is 3.30. The Morgan fingerprint density at radius 1 is 0.867 bits per heavy atom. The Hall–Kier alpha value is -2.72. The van der Waals surface area contributed by atoms with Crippen LogP contribution in [0.1, 0.15) is 32.6 Å². The largest absolute Gasteiger partial charge is 0.463 e. The summed E-state index contributed by atoms with van der Waals surface area (Å²) in [5.41, 5.74) is 0.239. The van der Waals surface area contributed by atoms with Crippen molar-refractivity contribution in [2.24, 2.45) is 0 Å². The molecule has 0 aromatic rings. The van der Waals surface area contributed by atoms with Crippen molar-refractivity contribution < 1.29 is 48.0 Å². The monoisotopic (exact) mass is 430 g/mol. The fourth-order valence-corrected chi connectivity index (χ4v) is 1.76. The quantitative estimate of drug-likeness (QED) is 0.153. The molecule has 0 saturated carbocycles. The summed E-state index contributed by atoms with van der Waals surface area (Å²) < 4.78 is 24.4. The average molecular weight is 430 g/mol. The van der Waals surface area contributed by atoms with Crippen LogP contribution in [0.3, 0.4) is 0 Å². The van der Waals surface area contributed by atoms with Gasteiger partial charge in [0, 0.05) is 18.3 Å². The first-order valence-corrected chi connectivity index (χ1v) is 9.45. The third-order valence-corrected chi connectivity index (χ3v) is 3.30. The van der Waals surface area contributed by atoms with Crippen molar-refractivity contribution in [3.63, 3.8) is 0 Å². The highest BCUT2D eigenvalue weighted by molar-refractivity contribution is 5.86. The third kappa shape index (κ3) is 16.3. The number of carbonyl (C=O) groups is 4. The number of ether oxygens (including phenoxy) is 5. The summed E-state index contributed by atoms with van der Waals surface area (Å²) in [7, 11) is 0. The molecule has 0 aliphatic carbocycles. The molecule has 170 valence electrons. The molecular weight excluding hydrogens is 400 g/mol. The summed E-state index contributed by atoms with van der Waals surface area (Å²) in [5, 5.41) is 9.69. The predicted octanol–water partition coefficient (Wildman–Crippen LogP) is 0.859. The molecule has 0 aromatic heterocycles. The van der Waals surface area contributed by atoms with Gasteiger partial charge >= 0.3 is 23.9 Å². The second kappa shape index (κ2) is 17.2. The molecule has 0 aliphatic heterocycles. The van der Waals surface area contributed by atoms with Crippen LogP contribution in [-0.2, 0) is 42.9 Å². The first-order chi connectivity index (χ1) is 14.3. The van der Waals surface area contributed by atoms with Gasteiger partial charge in [-0.25, -0.2) is 9.59 Å². The highest BCUT2D eigenvalue weighted by Gasteiger charge is 2.12. The minimum absolute atomic E-state index is 0.0231. The lowest BCUT2D eigenvalue weighted by molar-refractivity contribution is -0.154. The lowest BCUT2D eigenvalue weighted by atomic mass is 10.3. The van der Waals surface area contributed by atoms with Crippen LogP contribution >= 0.6 is 0 Å². The van der Waals surface area contributed by atoms with Gasteiger partial charge in [-0.05, 0) is 19.8 Å². The summed E-state index contributed by atoms with van der Waals surface area (Å²) in [6.07, 6.45) is 0.921. The minimum Gasteiger partial charge on any atom is -0.463 e. The Morgan fingerprint density at radius 2 is 1.47 bits per heavy atom. The maximum Gasteiger partial charge on any atom is 0.333 e. The number of hydrogen-bond acceptors (Lipinski definition) is 10. The summed E-state index contributed by atoms with van der Waals surface area (Å²) >= 11 is 0. The number of carbonyl (C=O) groups excluding carboxylic acids is 4. The van der Waals surface area contributed by atoms with Crippen LogP contribution in [0.5, 0.6) is 0 Å². The topological polar surface area (TPSA) is 135 Å². The van der Waals surface area contributed by atoms with Crippen molar-refractivity contribution in [1.82, 2.24) is 0 Å². The zero-order valence-corrected chi connectivity index (χ0v) is 17.3. The number of aliphatic hydroxyl groups excluding tert-OH is 1. The van der Waals surface area contributed by atoms with Crippen molar-refractivity contribution in [3.8, 4) is 0 Å². The van der Waals surface area contributed by atoms with Gasteiger partial charge < -0.3 is 28.8 Å². The van der Waals surface area contributed by atoms with Crippen LogP contribution in [0.4, 0.5) is 0 Å². The van der Waals surface area contributed by atoms with Gasteiger partial charge in [-0.1, -0.05) is 13.2 Å². The lowest BCUT2D eigenvalue weighted by Gasteiger charge is -2.12. The van der Waals surface area contributed by atoms with Gasteiger partial charge in [-0.15, -0.1) is 0 Å². The van der Waals surface area contributed by atoms with Crippen molar-refractivity contribution in [3.05, 3.63) is 24.8 Å². The number of aliphatic hydroxyl groups is 1. The first-order valence-electron chi connectivity index (χ1n) is 9.45. The molecular formula is C20H30O10. The Labute approximate surface area is 175 Å². The van der Waals surface area contributed by atoms with E-state index in [0.717, 1.165) is 6.08 Å². The highest BCUT2D eigenvalue weighted by atomic mass is 16.6. The molecule has 10 nitrogen and oxygen atoms in total. The first kappa shape index (κ1) is 27.3. The van der Waals surface area contributed by atoms with Gasteiger partial charge in [0.1, 0.15) is 25.9 Å². The molecule has 0 heterocycles. The summed E-state index contributed by atoms with van der Waals surface area (Å²) in [4.78, 5) is 45.0. The van der Waals surface area contributed by atoms with Crippen molar-refractivity contribution in [2.45, 2.75) is 38.7 Å². The molecule has 0 radical (unpaired) electrons.